The number of anilines is 1. The number of carbonyl (C=O) groups is 3. The largest absolute Gasteiger partial charge is 0.465 e. The second kappa shape index (κ2) is 9.33. The minimum Gasteiger partial charge on any atom is -0.465 e. The average Bonchev–Trinajstić information content (AvgIpc) is 3.46. The van der Waals surface area contributed by atoms with Crippen LogP contribution in [-0.4, -0.2) is 52.4 Å². The van der Waals surface area contributed by atoms with E-state index < -0.39 is 6.09 Å². The van der Waals surface area contributed by atoms with Gasteiger partial charge in [-0.3, -0.25) is 9.59 Å². The number of carbonyl (C=O) groups excluding carboxylic acids is 2. The fourth-order valence-electron chi connectivity index (χ4n) is 5.25. The number of aryl methyl sites for hydroxylation is 1. The first-order valence-electron chi connectivity index (χ1n) is 12.0. The Bertz CT molecular complexity index is 1260. The van der Waals surface area contributed by atoms with Crippen molar-refractivity contribution in [1.82, 2.24) is 9.88 Å². The van der Waals surface area contributed by atoms with Gasteiger partial charge in [0, 0.05) is 55.1 Å². The standard InChI is InChI=1S/C27H29N3O4/c31-24(21-15-18-8-9-25(32)30-14-11-19(16-21)26(18)30)7-3-4-12-29(27(33)34)13-10-20-17-28-23-6-2-1-5-22(20)23/h1-2,5-6,15-17,28H,3-4,7-14H2,(H,33,34). The van der Waals surface area contributed by atoms with E-state index in [0.717, 1.165) is 45.3 Å². The van der Waals surface area contributed by atoms with E-state index in [9.17, 15) is 19.5 Å². The van der Waals surface area contributed by atoms with Crippen LogP contribution in [0.2, 0.25) is 0 Å². The number of nitrogens with one attached hydrogen (secondary N) is 1. The van der Waals surface area contributed by atoms with Crippen LogP contribution in [0.4, 0.5) is 10.5 Å². The summed E-state index contributed by atoms with van der Waals surface area (Å²) in [4.78, 5) is 43.2. The normalized spacial score (nSPS) is 14.5. The molecule has 176 valence electrons. The minimum absolute atomic E-state index is 0.0927. The molecule has 5 rings (SSSR count). The van der Waals surface area contributed by atoms with Gasteiger partial charge in [-0.1, -0.05) is 18.2 Å². The van der Waals surface area contributed by atoms with Gasteiger partial charge < -0.3 is 19.9 Å². The van der Waals surface area contributed by atoms with E-state index in [1.54, 1.807) is 0 Å². The number of hydrogen-bond donors (Lipinski definition) is 2. The molecule has 2 aliphatic rings. The van der Waals surface area contributed by atoms with Crippen molar-refractivity contribution in [3.05, 3.63) is 64.8 Å². The monoisotopic (exact) mass is 459 g/mol. The Morgan fingerprint density at radius 2 is 1.82 bits per heavy atom. The van der Waals surface area contributed by atoms with Gasteiger partial charge in [0.05, 0.1) is 5.69 Å². The van der Waals surface area contributed by atoms with Crippen LogP contribution in [0.3, 0.4) is 0 Å². The van der Waals surface area contributed by atoms with Crippen molar-refractivity contribution in [1.29, 1.82) is 0 Å². The Balaban J connectivity index is 1.14. The molecule has 2 amide bonds. The van der Waals surface area contributed by atoms with Gasteiger partial charge in [0.1, 0.15) is 0 Å². The number of aromatic nitrogens is 1. The Kier molecular flexibility index (Phi) is 6.09. The molecule has 3 aromatic rings. The van der Waals surface area contributed by atoms with Crippen molar-refractivity contribution in [2.24, 2.45) is 0 Å². The summed E-state index contributed by atoms with van der Waals surface area (Å²) in [5, 5.41) is 10.7. The predicted molar refractivity (Wildman–Crippen MR) is 131 cm³/mol. The molecule has 0 saturated carbocycles. The molecule has 7 nitrogen and oxygen atoms in total. The fourth-order valence-corrected chi connectivity index (χ4v) is 5.25. The average molecular weight is 460 g/mol. The fraction of sp³-hybridized carbons (Fsp3) is 0.370. The molecule has 0 spiro atoms. The van der Waals surface area contributed by atoms with E-state index >= 15 is 0 Å². The second-order valence-electron chi connectivity index (χ2n) is 9.20. The maximum Gasteiger partial charge on any atom is 0.407 e. The summed E-state index contributed by atoms with van der Waals surface area (Å²) in [6.45, 7) is 1.55. The van der Waals surface area contributed by atoms with Gasteiger partial charge in [-0.15, -0.1) is 0 Å². The Morgan fingerprint density at radius 3 is 2.65 bits per heavy atom. The first-order chi connectivity index (χ1) is 16.5. The minimum atomic E-state index is -0.928. The van der Waals surface area contributed by atoms with Crippen LogP contribution in [0.25, 0.3) is 10.9 Å². The van der Waals surface area contributed by atoms with Gasteiger partial charge in [0.15, 0.2) is 5.78 Å². The highest BCUT2D eigenvalue weighted by molar-refractivity contribution is 6.02. The summed E-state index contributed by atoms with van der Waals surface area (Å²) in [5.74, 6) is 0.271. The number of ketones is 1. The van der Waals surface area contributed by atoms with Crippen molar-refractivity contribution in [3.63, 3.8) is 0 Å². The van der Waals surface area contributed by atoms with Gasteiger partial charge >= 0.3 is 6.09 Å². The molecular weight excluding hydrogens is 430 g/mol. The van der Waals surface area contributed by atoms with Gasteiger partial charge in [-0.25, -0.2) is 4.79 Å². The van der Waals surface area contributed by atoms with E-state index in [1.165, 1.54) is 4.90 Å². The molecule has 0 fully saturated rings. The van der Waals surface area contributed by atoms with Crippen molar-refractivity contribution < 1.29 is 19.5 Å². The molecule has 0 aliphatic carbocycles. The van der Waals surface area contributed by atoms with E-state index in [-0.39, 0.29) is 11.7 Å². The van der Waals surface area contributed by atoms with Crippen LogP contribution in [0.15, 0.2) is 42.6 Å². The number of fused-ring (bicyclic) bond motifs is 1. The van der Waals surface area contributed by atoms with Crippen molar-refractivity contribution in [3.8, 4) is 0 Å². The lowest BCUT2D eigenvalue weighted by atomic mass is 9.94. The highest BCUT2D eigenvalue weighted by Gasteiger charge is 2.31. The molecule has 7 heteroatoms. The zero-order valence-corrected chi connectivity index (χ0v) is 19.2. The van der Waals surface area contributed by atoms with Crippen LogP contribution < -0.4 is 4.90 Å². The number of benzene rings is 2. The van der Waals surface area contributed by atoms with E-state index in [4.69, 9.17) is 0 Å². The lowest BCUT2D eigenvalue weighted by molar-refractivity contribution is -0.118. The third kappa shape index (κ3) is 4.30. The van der Waals surface area contributed by atoms with Gasteiger partial charge in [-0.05, 0) is 67.0 Å². The summed E-state index contributed by atoms with van der Waals surface area (Å²) in [5.41, 5.74) is 6.12. The summed E-state index contributed by atoms with van der Waals surface area (Å²) in [6.07, 6.45) is 5.36. The molecule has 0 radical (unpaired) electrons. The van der Waals surface area contributed by atoms with E-state index in [1.807, 2.05) is 47.5 Å². The molecule has 0 saturated heterocycles. The zero-order chi connectivity index (χ0) is 23.7. The molecule has 0 unspecified atom stereocenters. The Morgan fingerprint density at radius 1 is 1.03 bits per heavy atom. The second-order valence-corrected chi connectivity index (χ2v) is 9.20. The molecule has 3 heterocycles. The van der Waals surface area contributed by atoms with E-state index in [2.05, 4.69) is 4.98 Å². The van der Waals surface area contributed by atoms with Gasteiger partial charge in [0.25, 0.3) is 0 Å². The van der Waals surface area contributed by atoms with E-state index in [0.29, 0.717) is 58.2 Å². The number of Topliss-reactive ketones (excluding diaryl/α,β-unsaturated/α-hetero) is 1. The summed E-state index contributed by atoms with van der Waals surface area (Å²) in [7, 11) is 0. The molecule has 0 bridgehead atoms. The number of aromatic amines is 1. The van der Waals surface area contributed by atoms with Gasteiger partial charge in [0.2, 0.25) is 5.91 Å². The lowest BCUT2D eigenvalue weighted by Gasteiger charge is -2.25. The van der Waals surface area contributed by atoms with Gasteiger partial charge in [-0.2, -0.15) is 0 Å². The quantitative estimate of drug-likeness (QED) is 0.362. The first kappa shape index (κ1) is 22.2. The number of unbranched alkanes of at least 4 members (excludes halogenated alkanes) is 1. The maximum atomic E-state index is 12.8. The molecule has 34 heavy (non-hydrogen) atoms. The number of amides is 2. The maximum absolute atomic E-state index is 12.8. The van der Waals surface area contributed by atoms with Crippen molar-refractivity contribution in [2.45, 2.75) is 44.9 Å². The van der Waals surface area contributed by atoms with Crippen LogP contribution in [0.5, 0.6) is 0 Å². The SMILES string of the molecule is O=C(CCCCN(CCc1c[nH]c2ccccc12)C(=O)O)c1cc2c3c(c1)CCN3C(=O)CC2. The van der Waals surface area contributed by atoms with Crippen molar-refractivity contribution >= 4 is 34.4 Å². The number of para-hydroxylation sites is 1. The summed E-state index contributed by atoms with van der Waals surface area (Å²) in [6, 6.07) is 11.9. The lowest BCUT2D eigenvalue weighted by Crippen LogP contribution is -2.33. The Hall–Kier alpha value is -3.61. The van der Waals surface area contributed by atoms with Crippen molar-refractivity contribution in [2.75, 3.05) is 24.5 Å². The molecule has 2 aromatic carbocycles. The van der Waals surface area contributed by atoms with Crippen LogP contribution in [-0.2, 0) is 24.1 Å². The number of hydrogen-bond acceptors (Lipinski definition) is 3. The van der Waals surface area contributed by atoms with Crippen LogP contribution >= 0.6 is 0 Å². The molecule has 1 aromatic heterocycles. The first-order valence-corrected chi connectivity index (χ1v) is 12.0. The zero-order valence-electron chi connectivity index (χ0n) is 19.2. The van der Waals surface area contributed by atoms with Crippen LogP contribution in [0, 0.1) is 0 Å². The topological polar surface area (TPSA) is 93.7 Å². The Labute approximate surface area is 198 Å². The highest BCUT2D eigenvalue weighted by Crippen LogP contribution is 2.37. The molecule has 0 atom stereocenters. The third-order valence-corrected chi connectivity index (χ3v) is 7.05. The number of nitrogens with zero attached hydrogens (tertiary/aromatic N) is 2. The summed E-state index contributed by atoms with van der Waals surface area (Å²) < 4.78 is 0. The molecular formula is C27H29N3O4. The summed E-state index contributed by atoms with van der Waals surface area (Å²) >= 11 is 0. The highest BCUT2D eigenvalue weighted by atomic mass is 16.4. The third-order valence-electron chi connectivity index (χ3n) is 7.05. The molecule has 2 aliphatic heterocycles. The number of H-pyrrole nitrogens is 1. The number of rotatable bonds is 9. The molecule has 2 N–H and O–H groups in total. The smallest absolute Gasteiger partial charge is 0.407 e. The number of carboxylic acid groups (broad SMARTS) is 1. The predicted octanol–water partition coefficient (Wildman–Crippen LogP) is 4.58. The van der Waals surface area contributed by atoms with Crippen LogP contribution in [0.1, 0.15) is 52.7 Å².